The van der Waals surface area contributed by atoms with Crippen LogP contribution >= 0.6 is 0 Å². The zero-order valence-corrected chi connectivity index (χ0v) is 15.6. The van der Waals surface area contributed by atoms with Gasteiger partial charge in [0.1, 0.15) is 11.4 Å². The summed E-state index contributed by atoms with van der Waals surface area (Å²) in [4.78, 5) is 33.8. The molecule has 0 saturated carbocycles. The Morgan fingerprint density at radius 3 is 2.32 bits per heavy atom. The van der Waals surface area contributed by atoms with Crippen LogP contribution in [-0.2, 0) is 20.9 Å². The molecule has 0 spiro atoms. The molecule has 3 heterocycles. The fourth-order valence-corrected chi connectivity index (χ4v) is 3.48. The van der Waals surface area contributed by atoms with Crippen molar-refractivity contribution in [3.05, 3.63) is 65.6 Å². The number of hydrogen-bond acceptors (Lipinski definition) is 6. The van der Waals surface area contributed by atoms with Gasteiger partial charge < -0.3 is 14.4 Å². The van der Waals surface area contributed by atoms with Crippen molar-refractivity contribution in [1.82, 2.24) is 14.8 Å². The number of aromatic nitrogens is 1. The number of methoxy groups -OCH3 is 1. The minimum atomic E-state index is -0.284. The minimum Gasteiger partial charge on any atom is -0.497 e. The number of imide groups is 1. The zero-order valence-electron chi connectivity index (χ0n) is 15.6. The van der Waals surface area contributed by atoms with E-state index >= 15 is 0 Å². The van der Waals surface area contributed by atoms with E-state index in [4.69, 9.17) is 9.47 Å². The summed E-state index contributed by atoms with van der Waals surface area (Å²) in [6.45, 7) is 2.44. The maximum Gasteiger partial charge on any atom is 0.278 e. The molecular weight excluding hydrogens is 358 g/mol. The summed E-state index contributed by atoms with van der Waals surface area (Å²) in [5.41, 5.74) is 2.45. The molecule has 0 atom stereocenters. The van der Waals surface area contributed by atoms with E-state index in [1.807, 2.05) is 17.0 Å². The number of carbonyl (C=O) groups excluding carboxylic acids is 2. The molecule has 2 amide bonds. The van der Waals surface area contributed by atoms with E-state index in [2.05, 4.69) is 4.98 Å². The number of nitrogens with zero attached hydrogens (tertiary/aromatic N) is 3. The van der Waals surface area contributed by atoms with Gasteiger partial charge in [0.15, 0.2) is 0 Å². The first-order chi connectivity index (χ1) is 13.7. The fraction of sp³-hybridized carbons (Fsp3) is 0.286. The quantitative estimate of drug-likeness (QED) is 0.737. The van der Waals surface area contributed by atoms with Crippen molar-refractivity contribution in [3.8, 4) is 5.75 Å². The third-order valence-corrected chi connectivity index (χ3v) is 4.94. The second-order valence-electron chi connectivity index (χ2n) is 6.60. The summed E-state index contributed by atoms with van der Waals surface area (Å²) in [5, 5.41) is 0. The van der Waals surface area contributed by atoms with Crippen LogP contribution in [0.15, 0.2) is 54.5 Å². The van der Waals surface area contributed by atoms with Crippen LogP contribution in [0.5, 0.6) is 5.75 Å². The molecule has 0 unspecified atom stereocenters. The fourth-order valence-electron chi connectivity index (χ4n) is 3.48. The Kier molecular flexibility index (Phi) is 5.08. The molecule has 144 valence electrons. The van der Waals surface area contributed by atoms with Gasteiger partial charge in [-0.15, -0.1) is 0 Å². The van der Waals surface area contributed by atoms with Gasteiger partial charge in [-0.3, -0.25) is 19.5 Å². The summed E-state index contributed by atoms with van der Waals surface area (Å²) in [6, 6.07) is 10.8. The van der Waals surface area contributed by atoms with Gasteiger partial charge in [-0.25, -0.2) is 0 Å². The summed E-state index contributed by atoms with van der Waals surface area (Å²) in [7, 11) is 1.59. The monoisotopic (exact) mass is 379 g/mol. The molecular formula is C21H21N3O4. The highest BCUT2D eigenvalue weighted by atomic mass is 16.5. The Hall–Kier alpha value is -3.19. The Morgan fingerprint density at radius 2 is 1.68 bits per heavy atom. The SMILES string of the molecule is COc1ccc(C2=C(N3CCOCC3)C(=O)N(Cc3ccncc3)C2=O)cc1. The van der Waals surface area contributed by atoms with Gasteiger partial charge >= 0.3 is 0 Å². The summed E-state index contributed by atoms with van der Waals surface area (Å²) in [5.74, 6) is 0.144. The van der Waals surface area contributed by atoms with Gasteiger partial charge in [0, 0.05) is 25.5 Å². The topological polar surface area (TPSA) is 72.0 Å². The first kappa shape index (κ1) is 18.2. The number of ether oxygens (including phenoxy) is 2. The number of morpholine rings is 1. The second kappa shape index (κ2) is 7.82. The third kappa shape index (κ3) is 3.36. The van der Waals surface area contributed by atoms with Gasteiger partial charge in [0.2, 0.25) is 0 Å². The van der Waals surface area contributed by atoms with Gasteiger partial charge in [0.25, 0.3) is 11.8 Å². The molecule has 1 saturated heterocycles. The molecule has 2 aliphatic heterocycles. The van der Waals surface area contributed by atoms with E-state index in [0.717, 1.165) is 5.56 Å². The molecule has 7 nitrogen and oxygen atoms in total. The van der Waals surface area contributed by atoms with E-state index in [1.165, 1.54) is 4.90 Å². The zero-order chi connectivity index (χ0) is 19.5. The first-order valence-corrected chi connectivity index (χ1v) is 9.15. The molecule has 0 N–H and O–H groups in total. The predicted molar refractivity (Wildman–Crippen MR) is 102 cm³/mol. The smallest absolute Gasteiger partial charge is 0.278 e. The van der Waals surface area contributed by atoms with Gasteiger partial charge in [0.05, 0.1) is 32.4 Å². The molecule has 28 heavy (non-hydrogen) atoms. The van der Waals surface area contributed by atoms with Gasteiger partial charge in [-0.2, -0.15) is 0 Å². The number of rotatable bonds is 5. The van der Waals surface area contributed by atoms with Crippen LogP contribution in [0.4, 0.5) is 0 Å². The first-order valence-electron chi connectivity index (χ1n) is 9.15. The van der Waals surface area contributed by atoms with Crippen LogP contribution in [0, 0.1) is 0 Å². The third-order valence-electron chi connectivity index (χ3n) is 4.94. The van der Waals surface area contributed by atoms with Crippen molar-refractivity contribution in [2.24, 2.45) is 0 Å². The summed E-state index contributed by atoms with van der Waals surface area (Å²) in [6.07, 6.45) is 3.31. The highest BCUT2D eigenvalue weighted by molar-refractivity contribution is 6.35. The number of carbonyl (C=O) groups is 2. The van der Waals surface area contributed by atoms with Crippen molar-refractivity contribution in [2.45, 2.75) is 6.54 Å². The average Bonchev–Trinajstić information content (AvgIpc) is 3.00. The molecule has 2 aliphatic rings. The van der Waals surface area contributed by atoms with E-state index in [1.54, 1.807) is 43.8 Å². The van der Waals surface area contributed by atoms with Crippen molar-refractivity contribution >= 4 is 17.4 Å². The highest BCUT2D eigenvalue weighted by Crippen LogP contribution is 2.33. The van der Waals surface area contributed by atoms with Crippen molar-refractivity contribution in [2.75, 3.05) is 33.4 Å². The molecule has 0 aliphatic carbocycles. The second-order valence-corrected chi connectivity index (χ2v) is 6.60. The minimum absolute atomic E-state index is 0.216. The molecule has 1 aromatic carbocycles. The number of benzene rings is 1. The molecule has 1 aromatic heterocycles. The lowest BCUT2D eigenvalue weighted by molar-refractivity contribution is -0.138. The molecule has 0 radical (unpaired) electrons. The maximum atomic E-state index is 13.3. The van der Waals surface area contributed by atoms with Crippen LogP contribution in [0.1, 0.15) is 11.1 Å². The largest absolute Gasteiger partial charge is 0.497 e. The van der Waals surface area contributed by atoms with Crippen molar-refractivity contribution < 1.29 is 19.1 Å². The Balaban J connectivity index is 1.73. The number of amides is 2. The molecule has 1 fully saturated rings. The highest BCUT2D eigenvalue weighted by Gasteiger charge is 2.41. The normalized spacial score (nSPS) is 17.5. The lowest BCUT2D eigenvalue weighted by Gasteiger charge is -2.29. The number of hydrogen-bond donors (Lipinski definition) is 0. The lowest BCUT2D eigenvalue weighted by atomic mass is 10.0. The van der Waals surface area contributed by atoms with Crippen molar-refractivity contribution in [1.29, 1.82) is 0 Å². The molecule has 7 heteroatoms. The van der Waals surface area contributed by atoms with Crippen LogP contribution in [0.25, 0.3) is 5.57 Å². The van der Waals surface area contributed by atoms with E-state index in [-0.39, 0.29) is 18.4 Å². The standard InChI is InChI=1S/C21H21N3O4/c1-27-17-4-2-16(3-5-17)18-19(23-10-12-28-13-11-23)21(26)24(20(18)25)14-15-6-8-22-9-7-15/h2-9H,10-14H2,1H3. The van der Waals surface area contributed by atoms with Crippen LogP contribution in [0.3, 0.4) is 0 Å². The van der Waals surface area contributed by atoms with E-state index in [9.17, 15) is 9.59 Å². The average molecular weight is 379 g/mol. The summed E-state index contributed by atoms with van der Waals surface area (Å²) < 4.78 is 10.6. The van der Waals surface area contributed by atoms with Gasteiger partial charge in [-0.1, -0.05) is 12.1 Å². The van der Waals surface area contributed by atoms with Crippen LogP contribution in [0.2, 0.25) is 0 Å². The van der Waals surface area contributed by atoms with E-state index < -0.39 is 0 Å². The van der Waals surface area contributed by atoms with Crippen LogP contribution < -0.4 is 4.74 Å². The molecule has 2 aromatic rings. The predicted octanol–water partition coefficient (Wildman–Crippen LogP) is 1.70. The molecule has 0 bridgehead atoms. The van der Waals surface area contributed by atoms with Crippen molar-refractivity contribution in [3.63, 3.8) is 0 Å². The Labute approximate surface area is 163 Å². The van der Waals surface area contributed by atoms with E-state index in [0.29, 0.717) is 48.9 Å². The molecule has 4 rings (SSSR count). The Morgan fingerprint density at radius 1 is 1.00 bits per heavy atom. The maximum absolute atomic E-state index is 13.3. The Bertz CT molecular complexity index is 903. The van der Waals surface area contributed by atoms with Gasteiger partial charge in [-0.05, 0) is 35.4 Å². The number of pyridine rings is 1. The summed E-state index contributed by atoms with van der Waals surface area (Å²) >= 11 is 0. The van der Waals surface area contributed by atoms with Crippen LogP contribution in [-0.4, -0.2) is 60.0 Å². The lowest BCUT2D eigenvalue weighted by Crippen LogP contribution is -2.40.